The number of para-hydroxylation sites is 1. The molecule has 0 bridgehead atoms. The lowest BCUT2D eigenvalue weighted by molar-refractivity contribution is -0.134. The van der Waals surface area contributed by atoms with Gasteiger partial charge in [0.2, 0.25) is 11.8 Å². The van der Waals surface area contributed by atoms with Gasteiger partial charge in [0, 0.05) is 6.42 Å². The van der Waals surface area contributed by atoms with Crippen molar-refractivity contribution < 1.29 is 14.0 Å². The van der Waals surface area contributed by atoms with Crippen molar-refractivity contribution in [3.05, 3.63) is 48.4 Å². The summed E-state index contributed by atoms with van der Waals surface area (Å²) in [7, 11) is 0. The minimum Gasteiger partial charge on any atom is -0.467 e. The van der Waals surface area contributed by atoms with Crippen molar-refractivity contribution in [2.45, 2.75) is 25.4 Å². The molecule has 3 aromatic rings. The number of likely N-dealkylation sites (tertiary alicyclic amines) is 1. The fraction of sp³-hybridized carbons (Fsp3) is 0.235. The van der Waals surface area contributed by atoms with Crippen LogP contribution >= 0.6 is 11.3 Å². The van der Waals surface area contributed by atoms with Crippen molar-refractivity contribution in [3.63, 3.8) is 0 Å². The van der Waals surface area contributed by atoms with Gasteiger partial charge in [0.25, 0.3) is 0 Å². The van der Waals surface area contributed by atoms with Crippen LogP contribution in [0.1, 0.15) is 18.6 Å². The van der Waals surface area contributed by atoms with Crippen molar-refractivity contribution >= 4 is 38.5 Å². The van der Waals surface area contributed by atoms with E-state index in [0.717, 1.165) is 10.2 Å². The summed E-state index contributed by atoms with van der Waals surface area (Å²) in [6, 6.07) is 10.8. The quantitative estimate of drug-likeness (QED) is 0.791. The SMILES string of the molecule is O=C(Nc1nc2ccccc2s1)C1CCC(=O)N1Cc1ccco1. The van der Waals surface area contributed by atoms with Gasteiger partial charge in [-0.15, -0.1) is 0 Å². The van der Waals surface area contributed by atoms with Crippen LogP contribution in [0.25, 0.3) is 10.2 Å². The highest BCUT2D eigenvalue weighted by atomic mass is 32.1. The lowest BCUT2D eigenvalue weighted by Crippen LogP contribution is -2.41. The summed E-state index contributed by atoms with van der Waals surface area (Å²) in [5, 5.41) is 3.40. The maximum atomic E-state index is 12.6. The Bertz CT molecular complexity index is 855. The fourth-order valence-electron chi connectivity index (χ4n) is 2.89. The second kappa shape index (κ2) is 6.09. The summed E-state index contributed by atoms with van der Waals surface area (Å²) in [6.45, 7) is 0.309. The van der Waals surface area contributed by atoms with Crippen LogP contribution in [0.3, 0.4) is 0 Å². The number of amides is 2. The van der Waals surface area contributed by atoms with Crippen molar-refractivity contribution in [3.8, 4) is 0 Å². The molecule has 6 nitrogen and oxygen atoms in total. The van der Waals surface area contributed by atoms with Crippen LogP contribution < -0.4 is 5.32 Å². The molecule has 4 rings (SSSR count). The zero-order valence-corrected chi connectivity index (χ0v) is 13.6. The average Bonchev–Trinajstić information content (AvgIpc) is 3.28. The third kappa shape index (κ3) is 2.78. The molecule has 1 N–H and O–H groups in total. The molecule has 24 heavy (non-hydrogen) atoms. The number of thiazole rings is 1. The predicted octanol–water partition coefficient (Wildman–Crippen LogP) is 3.02. The van der Waals surface area contributed by atoms with E-state index in [1.54, 1.807) is 23.3 Å². The lowest BCUT2D eigenvalue weighted by Gasteiger charge is -2.22. The van der Waals surface area contributed by atoms with E-state index < -0.39 is 6.04 Å². The molecule has 1 atom stereocenters. The molecule has 2 amide bonds. The number of hydrogen-bond acceptors (Lipinski definition) is 5. The summed E-state index contributed by atoms with van der Waals surface area (Å²) >= 11 is 1.43. The molecule has 1 aliphatic heterocycles. The second-order valence-electron chi connectivity index (χ2n) is 5.63. The summed E-state index contributed by atoms with van der Waals surface area (Å²) < 4.78 is 6.31. The molecule has 0 saturated carbocycles. The molecule has 3 heterocycles. The van der Waals surface area contributed by atoms with E-state index in [9.17, 15) is 9.59 Å². The first-order chi connectivity index (χ1) is 11.7. The van der Waals surface area contributed by atoms with Gasteiger partial charge in [0.15, 0.2) is 5.13 Å². The number of fused-ring (bicyclic) bond motifs is 1. The summed E-state index contributed by atoms with van der Waals surface area (Å²) in [5.74, 6) is 0.436. The number of benzene rings is 1. The molecule has 1 aliphatic rings. The van der Waals surface area contributed by atoms with Gasteiger partial charge in [-0.25, -0.2) is 4.98 Å². The van der Waals surface area contributed by atoms with E-state index in [1.807, 2.05) is 24.3 Å². The summed E-state index contributed by atoms with van der Waals surface area (Å²) in [5.41, 5.74) is 0.854. The van der Waals surface area contributed by atoms with Crippen LogP contribution in [-0.4, -0.2) is 27.7 Å². The first kappa shape index (κ1) is 14.9. The number of furan rings is 1. The van der Waals surface area contributed by atoms with E-state index in [2.05, 4.69) is 10.3 Å². The maximum absolute atomic E-state index is 12.6. The highest BCUT2D eigenvalue weighted by molar-refractivity contribution is 7.22. The number of carbonyl (C=O) groups excluding carboxylic acids is 2. The molecule has 1 aromatic carbocycles. The van der Waals surface area contributed by atoms with Crippen molar-refractivity contribution in [2.75, 3.05) is 5.32 Å². The summed E-state index contributed by atoms with van der Waals surface area (Å²) in [4.78, 5) is 30.7. The molecule has 0 aliphatic carbocycles. The van der Waals surface area contributed by atoms with Crippen LogP contribution in [-0.2, 0) is 16.1 Å². The van der Waals surface area contributed by atoms with Crippen LogP contribution in [0, 0.1) is 0 Å². The van der Waals surface area contributed by atoms with Gasteiger partial charge < -0.3 is 14.6 Å². The van der Waals surface area contributed by atoms with E-state index in [-0.39, 0.29) is 11.8 Å². The van der Waals surface area contributed by atoms with E-state index in [4.69, 9.17) is 4.42 Å². The molecule has 2 aromatic heterocycles. The van der Waals surface area contributed by atoms with Gasteiger partial charge in [-0.2, -0.15) is 0 Å². The van der Waals surface area contributed by atoms with Crippen LogP contribution in [0.15, 0.2) is 47.1 Å². The lowest BCUT2D eigenvalue weighted by atomic mass is 10.2. The number of aromatic nitrogens is 1. The molecular formula is C17H15N3O3S. The molecule has 122 valence electrons. The van der Waals surface area contributed by atoms with Gasteiger partial charge >= 0.3 is 0 Å². The van der Waals surface area contributed by atoms with Gasteiger partial charge in [-0.3, -0.25) is 9.59 Å². The number of anilines is 1. The Morgan fingerprint density at radius 1 is 1.33 bits per heavy atom. The summed E-state index contributed by atoms with van der Waals surface area (Å²) in [6.07, 6.45) is 2.45. The molecule has 1 saturated heterocycles. The highest BCUT2D eigenvalue weighted by Crippen LogP contribution is 2.27. The average molecular weight is 341 g/mol. The Labute approximate surface area is 142 Å². The second-order valence-corrected chi connectivity index (χ2v) is 6.66. The van der Waals surface area contributed by atoms with Gasteiger partial charge in [0.05, 0.1) is 23.0 Å². The number of carbonyl (C=O) groups is 2. The third-order valence-corrected chi connectivity index (χ3v) is 5.01. The number of hydrogen-bond donors (Lipinski definition) is 1. The zero-order valence-electron chi connectivity index (χ0n) is 12.8. The number of nitrogens with zero attached hydrogens (tertiary/aromatic N) is 2. The fourth-order valence-corrected chi connectivity index (χ4v) is 3.76. The minimum absolute atomic E-state index is 0.0316. The van der Waals surface area contributed by atoms with Crippen molar-refractivity contribution in [1.29, 1.82) is 0 Å². The largest absolute Gasteiger partial charge is 0.467 e. The molecule has 0 spiro atoms. The van der Waals surface area contributed by atoms with Crippen LogP contribution in [0.2, 0.25) is 0 Å². The Morgan fingerprint density at radius 3 is 3.00 bits per heavy atom. The first-order valence-electron chi connectivity index (χ1n) is 7.69. The molecule has 1 fully saturated rings. The first-order valence-corrected chi connectivity index (χ1v) is 8.50. The topological polar surface area (TPSA) is 75.4 Å². The van der Waals surface area contributed by atoms with E-state index >= 15 is 0 Å². The third-order valence-electron chi connectivity index (χ3n) is 4.06. The van der Waals surface area contributed by atoms with Gasteiger partial charge in [0.1, 0.15) is 11.8 Å². The smallest absolute Gasteiger partial charge is 0.248 e. The van der Waals surface area contributed by atoms with Crippen molar-refractivity contribution in [1.82, 2.24) is 9.88 Å². The van der Waals surface area contributed by atoms with E-state index in [1.165, 1.54) is 11.3 Å². The van der Waals surface area contributed by atoms with Crippen LogP contribution in [0.4, 0.5) is 5.13 Å². The molecule has 0 radical (unpaired) electrons. The standard InChI is InChI=1S/C17H15N3O3S/c21-15-8-7-13(20(15)10-11-4-3-9-23-11)16(22)19-17-18-12-5-1-2-6-14(12)24-17/h1-6,9,13H,7-8,10H2,(H,18,19,22). The van der Waals surface area contributed by atoms with Gasteiger partial charge in [-0.1, -0.05) is 23.5 Å². The van der Waals surface area contributed by atoms with Gasteiger partial charge in [-0.05, 0) is 30.7 Å². The molecule has 7 heteroatoms. The Balaban J connectivity index is 1.51. The number of rotatable bonds is 4. The van der Waals surface area contributed by atoms with Crippen LogP contribution in [0.5, 0.6) is 0 Å². The molecule has 1 unspecified atom stereocenters. The highest BCUT2D eigenvalue weighted by Gasteiger charge is 2.36. The Hall–Kier alpha value is -2.67. The Morgan fingerprint density at radius 2 is 2.21 bits per heavy atom. The normalized spacial score (nSPS) is 17.6. The minimum atomic E-state index is -0.491. The van der Waals surface area contributed by atoms with Crippen molar-refractivity contribution in [2.24, 2.45) is 0 Å². The Kier molecular flexibility index (Phi) is 3.78. The molecular weight excluding hydrogens is 326 g/mol. The zero-order chi connectivity index (χ0) is 16.5. The maximum Gasteiger partial charge on any atom is 0.248 e. The number of nitrogens with one attached hydrogen (secondary N) is 1. The van der Waals surface area contributed by atoms with E-state index in [0.29, 0.717) is 30.3 Å². The predicted molar refractivity (Wildman–Crippen MR) is 90.5 cm³/mol. The monoisotopic (exact) mass is 341 g/mol.